The molecule has 1 fully saturated rings. The Bertz CT molecular complexity index is 1250. The Hall–Kier alpha value is -3.81. The van der Waals surface area contributed by atoms with E-state index in [0.717, 1.165) is 59.8 Å². The van der Waals surface area contributed by atoms with E-state index in [1.165, 1.54) is 11.3 Å². The van der Waals surface area contributed by atoms with Crippen molar-refractivity contribution in [3.63, 3.8) is 0 Å². The van der Waals surface area contributed by atoms with E-state index < -0.39 is 0 Å². The van der Waals surface area contributed by atoms with Crippen molar-refractivity contribution in [1.29, 1.82) is 0 Å². The number of aromatic nitrogens is 3. The number of anilines is 1. The van der Waals surface area contributed by atoms with E-state index in [2.05, 4.69) is 20.1 Å². The first-order chi connectivity index (χ1) is 16.5. The molecule has 0 spiro atoms. The van der Waals surface area contributed by atoms with E-state index in [-0.39, 0.29) is 37.1 Å². The van der Waals surface area contributed by atoms with Crippen molar-refractivity contribution in [2.75, 3.05) is 5.32 Å². The number of rotatable bonds is 5. The van der Waals surface area contributed by atoms with Crippen molar-refractivity contribution in [2.24, 2.45) is 0 Å². The van der Waals surface area contributed by atoms with Gasteiger partial charge in [-0.2, -0.15) is 0 Å². The number of carbonyl (C=O) groups excluding carboxylic acids is 3. The van der Waals surface area contributed by atoms with Crippen LogP contribution in [-0.4, -0.2) is 37.4 Å². The highest BCUT2D eigenvalue weighted by molar-refractivity contribution is 6.05. The summed E-state index contributed by atoms with van der Waals surface area (Å²) in [5.74, 6) is 1.34. The monoisotopic (exact) mass is 457 g/mol. The van der Waals surface area contributed by atoms with Crippen LogP contribution in [0.4, 0.5) is 5.69 Å². The summed E-state index contributed by atoms with van der Waals surface area (Å²) in [6.07, 6.45) is 4.94. The van der Waals surface area contributed by atoms with Crippen molar-refractivity contribution in [2.45, 2.75) is 58.5 Å². The number of nitrogens with one attached hydrogen (secondary N) is 1. The standard InChI is InChI=1S/C26H27N5O3/c1-17-6-9-20(25-29-28-22-5-3-2-4-14-30(22)25)15-21(17)27-26(34)19-10-7-18(8-11-19)16-31-23(32)12-13-24(31)33/h6-11,15H,2-5,12-14,16H2,1H3,(H,27,34). The number of imide groups is 1. The van der Waals surface area contributed by atoms with Crippen LogP contribution in [0.3, 0.4) is 0 Å². The molecule has 0 unspecified atom stereocenters. The molecule has 1 aromatic heterocycles. The van der Waals surface area contributed by atoms with Gasteiger partial charge in [-0.25, -0.2) is 0 Å². The molecule has 2 aliphatic rings. The SMILES string of the molecule is Cc1ccc(-c2nnc3n2CCCCC3)cc1NC(=O)c1ccc(CN2C(=O)CCC2=O)cc1. The van der Waals surface area contributed by atoms with Gasteiger partial charge in [-0.15, -0.1) is 10.2 Å². The Kier molecular flexibility index (Phi) is 5.96. The molecular formula is C26H27N5O3. The quantitative estimate of drug-likeness (QED) is 0.587. The van der Waals surface area contributed by atoms with Gasteiger partial charge in [0.1, 0.15) is 5.82 Å². The number of hydrogen-bond donors (Lipinski definition) is 1. The normalized spacial score (nSPS) is 15.9. The second-order valence-electron chi connectivity index (χ2n) is 8.96. The minimum atomic E-state index is -0.222. The Morgan fingerprint density at radius 1 is 0.941 bits per heavy atom. The molecule has 34 heavy (non-hydrogen) atoms. The van der Waals surface area contributed by atoms with Gasteiger partial charge in [-0.1, -0.05) is 30.7 Å². The Morgan fingerprint density at radius 3 is 2.47 bits per heavy atom. The molecule has 1 N–H and O–H groups in total. The third-order valence-electron chi connectivity index (χ3n) is 6.57. The van der Waals surface area contributed by atoms with Gasteiger partial charge in [0.25, 0.3) is 5.91 Å². The van der Waals surface area contributed by atoms with E-state index in [1.54, 1.807) is 24.3 Å². The zero-order chi connectivity index (χ0) is 23.7. The van der Waals surface area contributed by atoms with Crippen LogP contribution in [0.1, 0.15) is 59.4 Å². The Balaban J connectivity index is 1.32. The minimum absolute atomic E-state index is 0.147. The van der Waals surface area contributed by atoms with E-state index in [4.69, 9.17) is 0 Å². The lowest BCUT2D eigenvalue weighted by atomic mass is 10.1. The predicted molar refractivity (Wildman–Crippen MR) is 127 cm³/mol. The van der Waals surface area contributed by atoms with Crippen molar-refractivity contribution in [3.05, 3.63) is 65.0 Å². The highest BCUT2D eigenvalue weighted by Gasteiger charge is 2.28. The van der Waals surface area contributed by atoms with Gasteiger partial charge in [0.05, 0.1) is 6.54 Å². The van der Waals surface area contributed by atoms with Gasteiger partial charge >= 0.3 is 0 Å². The second-order valence-corrected chi connectivity index (χ2v) is 8.96. The molecule has 2 aromatic carbocycles. The van der Waals surface area contributed by atoms with E-state index >= 15 is 0 Å². The van der Waals surface area contributed by atoms with E-state index in [1.807, 2.05) is 25.1 Å². The highest BCUT2D eigenvalue weighted by Crippen LogP contribution is 2.27. The molecule has 1 saturated heterocycles. The lowest BCUT2D eigenvalue weighted by Gasteiger charge is -2.14. The smallest absolute Gasteiger partial charge is 0.255 e. The highest BCUT2D eigenvalue weighted by atomic mass is 16.2. The minimum Gasteiger partial charge on any atom is -0.322 e. The first-order valence-electron chi connectivity index (χ1n) is 11.8. The Morgan fingerprint density at radius 2 is 1.71 bits per heavy atom. The number of likely N-dealkylation sites (tertiary alicyclic amines) is 1. The molecule has 5 rings (SSSR count). The fraction of sp³-hybridized carbons (Fsp3) is 0.346. The third-order valence-corrected chi connectivity index (χ3v) is 6.57. The number of nitrogens with zero attached hydrogens (tertiary/aromatic N) is 4. The first kappa shape index (κ1) is 22.0. The number of benzene rings is 2. The van der Waals surface area contributed by atoms with Gasteiger partial charge < -0.3 is 9.88 Å². The molecule has 0 saturated carbocycles. The lowest BCUT2D eigenvalue weighted by Crippen LogP contribution is -2.28. The average molecular weight is 458 g/mol. The summed E-state index contributed by atoms with van der Waals surface area (Å²) in [5.41, 5.74) is 3.92. The summed E-state index contributed by atoms with van der Waals surface area (Å²) in [5, 5.41) is 11.8. The largest absolute Gasteiger partial charge is 0.322 e. The van der Waals surface area contributed by atoms with Crippen molar-refractivity contribution >= 4 is 23.4 Å². The summed E-state index contributed by atoms with van der Waals surface area (Å²) in [6.45, 7) is 3.11. The number of aryl methyl sites for hydroxylation is 2. The van der Waals surface area contributed by atoms with Crippen LogP contribution in [0.5, 0.6) is 0 Å². The molecule has 3 amide bonds. The number of carbonyl (C=O) groups is 3. The maximum Gasteiger partial charge on any atom is 0.255 e. The van der Waals surface area contributed by atoms with Crippen molar-refractivity contribution < 1.29 is 14.4 Å². The maximum absolute atomic E-state index is 12.9. The molecule has 174 valence electrons. The molecule has 0 radical (unpaired) electrons. The van der Waals surface area contributed by atoms with Gasteiger partial charge in [-0.05, 0) is 49.1 Å². The van der Waals surface area contributed by atoms with Gasteiger partial charge in [0.15, 0.2) is 5.82 Å². The number of hydrogen-bond acceptors (Lipinski definition) is 5. The number of fused-ring (bicyclic) bond motifs is 1. The van der Waals surface area contributed by atoms with Crippen LogP contribution in [0.15, 0.2) is 42.5 Å². The second kappa shape index (κ2) is 9.21. The van der Waals surface area contributed by atoms with Crippen LogP contribution < -0.4 is 5.32 Å². The molecule has 3 heterocycles. The molecule has 0 atom stereocenters. The van der Waals surface area contributed by atoms with Crippen LogP contribution in [0.2, 0.25) is 0 Å². The van der Waals surface area contributed by atoms with Crippen LogP contribution in [-0.2, 0) is 29.1 Å². The lowest BCUT2D eigenvalue weighted by molar-refractivity contribution is -0.139. The van der Waals surface area contributed by atoms with Gasteiger partial charge in [-0.3, -0.25) is 19.3 Å². The summed E-state index contributed by atoms with van der Waals surface area (Å²) in [7, 11) is 0. The van der Waals surface area contributed by atoms with Crippen molar-refractivity contribution in [3.8, 4) is 11.4 Å². The van der Waals surface area contributed by atoms with Crippen LogP contribution >= 0.6 is 0 Å². The van der Waals surface area contributed by atoms with Crippen LogP contribution in [0.25, 0.3) is 11.4 Å². The molecular weight excluding hydrogens is 430 g/mol. The van der Waals surface area contributed by atoms with Crippen molar-refractivity contribution in [1.82, 2.24) is 19.7 Å². The summed E-state index contributed by atoms with van der Waals surface area (Å²) >= 11 is 0. The van der Waals surface area contributed by atoms with Gasteiger partial charge in [0, 0.05) is 42.6 Å². The molecule has 8 heteroatoms. The summed E-state index contributed by atoms with van der Waals surface area (Å²) in [6, 6.07) is 12.9. The topological polar surface area (TPSA) is 97.2 Å². The fourth-order valence-electron chi connectivity index (χ4n) is 4.53. The summed E-state index contributed by atoms with van der Waals surface area (Å²) in [4.78, 5) is 37.9. The zero-order valence-electron chi connectivity index (χ0n) is 19.2. The van der Waals surface area contributed by atoms with E-state index in [0.29, 0.717) is 5.56 Å². The maximum atomic E-state index is 12.9. The molecule has 2 aliphatic heterocycles. The van der Waals surface area contributed by atoms with Crippen LogP contribution in [0, 0.1) is 6.92 Å². The molecule has 8 nitrogen and oxygen atoms in total. The van der Waals surface area contributed by atoms with E-state index in [9.17, 15) is 14.4 Å². The van der Waals surface area contributed by atoms with Gasteiger partial charge in [0.2, 0.25) is 11.8 Å². The average Bonchev–Trinajstić information content (AvgIpc) is 3.29. The summed E-state index contributed by atoms with van der Waals surface area (Å²) < 4.78 is 2.19. The zero-order valence-corrected chi connectivity index (χ0v) is 19.2. The number of amides is 3. The Labute approximate surface area is 198 Å². The third kappa shape index (κ3) is 4.35. The predicted octanol–water partition coefficient (Wildman–Crippen LogP) is 3.88. The molecule has 0 aliphatic carbocycles. The fourth-order valence-corrected chi connectivity index (χ4v) is 4.53. The molecule has 3 aromatic rings. The first-order valence-corrected chi connectivity index (χ1v) is 11.8. The molecule has 0 bridgehead atoms.